The second-order valence-electron chi connectivity index (χ2n) is 7.41. The third-order valence-electron chi connectivity index (χ3n) is 6.20. The number of fused-ring (bicyclic) bond motifs is 3. The summed E-state index contributed by atoms with van der Waals surface area (Å²) in [5, 5.41) is 0. The summed E-state index contributed by atoms with van der Waals surface area (Å²) in [7, 11) is -3.20. The molecule has 1 aromatic carbocycles. The van der Waals surface area contributed by atoms with E-state index in [-0.39, 0.29) is 24.8 Å². The van der Waals surface area contributed by atoms with Crippen molar-refractivity contribution in [3.8, 4) is 11.5 Å². The Morgan fingerprint density at radius 1 is 1.08 bits per heavy atom. The molecule has 0 N–H and O–H groups in total. The first-order valence-corrected chi connectivity index (χ1v) is 10.5. The number of hydrogen-bond acceptors (Lipinski definition) is 5. The summed E-state index contributed by atoms with van der Waals surface area (Å²) in [6, 6.07) is 6.47. The van der Waals surface area contributed by atoms with Crippen LogP contribution in [0.5, 0.6) is 11.5 Å². The van der Waals surface area contributed by atoms with Gasteiger partial charge in [-0.15, -0.1) is 0 Å². The fraction of sp³-hybridized carbons (Fsp3) is 0.647. The maximum Gasteiger partial charge on any atom is 0.231 e. The van der Waals surface area contributed by atoms with Crippen LogP contribution in [0.4, 0.5) is 0 Å². The van der Waals surface area contributed by atoms with Crippen molar-refractivity contribution >= 4 is 10.0 Å². The minimum absolute atomic E-state index is 0.123. The van der Waals surface area contributed by atoms with Crippen molar-refractivity contribution in [1.29, 1.82) is 0 Å². The van der Waals surface area contributed by atoms with Crippen LogP contribution in [0.2, 0.25) is 0 Å². The zero-order valence-corrected chi connectivity index (χ0v) is 14.5. The van der Waals surface area contributed by atoms with Gasteiger partial charge in [0.25, 0.3) is 0 Å². The molecular weight excluding hydrogens is 328 g/mol. The average Bonchev–Trinajstić information content (AvgIpc) is 3.20. The van der Waals surface area contributed by atoms with Crippen molar-refractivity contribution in [3.05, 3.63) is 23.8 Å². The maximum absolute atomic E-state index is 12.4. The van der Waals surface area contributed by atoms with E-state index < -0.39 is 10.0 Å². The molecule has 2 bridgehead atoms. The Morgan fingerprint density at radius 3 is 2.58 bits per heavy atom. The van der Waals surface area contributed by atoms with Gasteiger partial charge in [-0.3, -0.25) is 4.90 Å². The molecule has 0 saturated carbocycles. The molecule has 4 fully saturated rings. The lowest BCUT2D eigenvalue weighted by Gasteiger charge is -2.50. The summed E-state index contributed by atoms with van der Waals surface area (Å²) in [4.78, 5) is 2.51. The van der Waals surface area contributed by atoms with Gasteiger partial charge in [-0.2, -0.15) is 4.31 Å². The van der Waals surface area contributed by atoms with Crippen molar-refractivity contribution in [3.63, 3.8) is 0 Å². The summed E-state index contributed by atoms with van der Waals surface area (Å²) in [6.45, 7) is 3.01. The quantitative estimate of drug-likeness (QED) is 0.803. The van der Waals surface area contributed by atoms with Crippen LogP contribution in [-0.2, 0) is 10.0 Å². The third kappa shape index (κ3) is 2.11. The van der Waals surface area contributed by atoms with Crippen molar-refractivity contribution in [2.45, 2.75) is 30.8 Å². The fourth-order valence-corrected chi connectivity index (χ4v) is 6.35. The zero-order chi connectivity index (χ0) is 16.5. The normalized spacial score (nSPS) is 37.6. The fourth-order valence-electron chi connectivity index (χ4n) is 5.18. The van der Waals surface area contributed by atoms with E-state index in [1.165, 1.54) is 6.26 Å². The van der Waals surface area contributed by atoms with Crippen LogP contribution in [0.25, 0.3) is 0 Å². The van der Waals surface area contributed by atoms with Crippen LogP contribution in [0, 0.1) is 5.92 Å². The standard InChI is InChI=1S/C17H22N2O4S/c1-24(20,21)19-9-13(12-2-3-14-15(8-12)23-10-22-14)17-16(19)11-4-6-18(17)7-5-11/h2-3,8,11,13,16-17H,4-7,9-10H2,1H3/t13-,16-,17-/m1/s1. The molecule has 7 heteroatoms. The van der Waals surface area contributed by atoms with Gasteiger partial charge >= 0.3 is 0 Å². The highest BCUT2D eigenvalue weighted by Gasteiger charge is 2.55. The minimum Gasteiger partial charge on any atom is -0.454 e. The van der Waals surface area contributed by atoms with Gasteiger partial charge in [0.1, 0.15) is 0 Å². The molecule has 130 valence electrons. The molecule has 0 aliphatic carbocycles. The van der Waals surface area contributed by atoms with Crippen molar-refractivity contribution in [2.24, 2.45) is 5.92 Å². The van der Waals surface area contributed by atoms with E-state index >= 15 is 0 Å². The first-order valence-electron chi connectivity index (χ1n) is 8.63. The molecule has 4 saturated heterocycles. The molecular formula is C17H22N2O4S. The number of piperidine rings is 3. The Balaban J connectivity index is 1.56. The van der Waals surface area contributed by atoms with E-state index in [9.17, 15) is 8.42 Å². The second-order valence-corrected chi connectivity index (χ2v) is 9.34. The highest BCUT2D eigenvalue weighted by molar-refractivity contribution is 7.88. The van der Waals surface area contributed by atoms with Gasteiger partial charge in [0.2, 0.25) is 16.8 Å². The number of sulfonamides is 1. The van der Waals surface area contributed by atoms with Gasteiger partial charge in [0.15, 0.2) is 11.5 Å². The van der Waals surface area contributed by atoms with Gasteiger partial charge in [0, 0.05) is 24.5 Å². The second kappa shape index (κ2) is 5.09. The molecule has 24 heavy (non-hydrogen) atoms. The van der Waals surface area contributed by atoms with Gasteiger partial charge in [0.05, 0.1) is 6.26 Å². The molecule has 0 aromatic heterocycles. The Labute approximate surface area is 142 Å². The highest BCUT2D eigenvalue weighted by atomic mass is 32.2. The van der Waals surface area contributed by atoms with Crippen molar-refractivity contribution in [1.82, 2.24) is 9.21 Å². The molecule has 0 radical (unpaired) electrons. The lowest BCUT2D eigenvalue weighted by Crippen LogP contribution is -2.60. The van der Waals surface area contributed by atoms with E-state index in [2.05, 4.69) is 11.0 Å². The van der Waals surface area contributed by atoms with E-state index in [0.717, 1.165) is 43.0 Å². The summed E-state index contributed by atoms with van der Waals surface area (Å²) >= 11 is 0. The Bertz CT molecular complexity index is 773. The number of ether oxygens (including phenoxy) is 2. The molecule has 0 amide bonds. The van der Waals surface area contributed by atoms with Crippen LogP contribution in [0.15, 0.2) is 18.2 Å². The molecule has 6 nitrogen and oxygen atoms in total. The van der Waals surface area contributed by atoms with Crippen LogP contribution in [0.3, 0.4) is 0 Å². The Kier molecular flexibility index (Phi) is 3.18. The van der Waals surface area contributed by atoms with Crippen molar-refractivity contribution < 1.29 is 17.9 Å². The van der Waals surface area contributed by atoms with Gasteiger partial charge < -0.3 is 9.47 Å². The van der Waals surface area contributed by atoms with Gasteiger partial charge in [-0.05, 0) is 49.5 Å². The number of hydrogen-bond donors (Lipinski definition) is 0. The first kappa shape index (κ1) is 15.0. The lowest BCUT2D eigenvalue weighted by molar-refractivity contribution is 0.0124. The summed E-state index contributed by atoms with van der Waals surface area (Å²) in [6.07, 6.45) is 3.58. The topological polar surface area (TPSA) is 59.1 Å². The predicted octanol–water partition coefficient (Wildman–Crippen LogP) is 1.24. The number of benzene rings is 1. The highest BCUT2D eigenvalue weighted by Crippen LogP contribution is 2.48. The smallest absolute Gasteiger partial charge is 0.231 e. The van der Waals surface area contributed by atoms with Crippen LogP contribution >= 0.6 is 0 Å². The van der Waals surface area contributed by atoms with Gasteiger partial charge in [-0.25, -0.2) is 8.42 Å². The summed E-state index contributed by atoms with van der Waals surface area (Å²) in [5.74, 6) is 2.24. The van der Waals surface area contributed by atoms with Gasteiger partial charge in [-0.1, -0.05) is 6.07 Å². The summed E-state index contributed by atoms with van der Waals surface area (Å²) in [5.41, 5.74) is 1.16. The maximum atomic E-state index is 12.4. The molecule has 0 unspecified atom stereocenters. The Hall–Kier alpha value is -1.31. The van der Waals surface area contributed by atoms with Crippen LogP contribution in [0.1, 0.15) is 24.3 Å². The van der Waals surface area contributed by atoms with Crippen LogP contribution in [-0.4, -0.2) is 62.4 Å². The molecule has 5 aliphatic rings. The molecule has 6 rings (SSSR count). The molecule has 5 aliphatic heterocycles. The van der Waals surface area contributed by atoms with Crippen molar-refractivity contribution in [2.75, 3.05) is 32.7 Å². The SMILES string of the molecule is CS(=O)(=O)N1C[C@H](c2ccc3c(c2)OCO3)[C@@H]2[C@H]1C1CCN2CC1. The molecule has 3 atom stereocenters. The zero-order valence-electron chi connectivity index (χ0n) is 13.7. The largest absolute Gasteiger partial charge is 0.454 e. The lowest BCUT2D eigenvalue weighted by atomic mass is 9.75. The number of rotatable bonds is 2. The van der Waals surface area contributed by atoms with Crippen LogP contribution < -0.4 is 9.47 Å². The first-order chi connectivity index (χ1) is 11.5. The average molecular weight is 350 g/mol. The molecule has 1 aromatic rings. The van der Waals surface area contributed by atoms with E-state index in [0.29, 0.717) is 12.5 Å². The predicted molar refractivity (Wildman–Crippen MR) is 88.7 cm³/mol. The van der Waals surface area contributed by atoms with E-state index in [1.807, 2.05) is 12.1 Å². The van der Waals surface area contributed by atoms with E-state index in [1.54, 1.807) is 4.31 Å². The molecule has 5 heterocycles. The number of nitrogens with zero attached hydrogens (tertiary/aromatic N) is 2. The Morgan fingerprint density at radius 2 is 1.83 bits per heavy atom. The third-order valence-corrected chi connectivity index (χ3v) is 7.45. The monoisotopic (exact) mass is 350 g/mol. The van der Waals surface area contributed by atoms with E-state index in [4.69, 9.17) is 9.47 Å². The molecule has 0 spiro atoms. The minimum atomic E-state index is -3.20. The summed E-state index contributed by atoms with van der Waals surface area (Å²) < 4.78 is 37.5.